The van der Waals surface area contributed by atoms with Crippen LogP contribution in [0, 0.1) is 0 Å². The molecular formula is C33H41O20+. The number of hydrogen-bond donors (Lipinski definition) is 13. The second kappa shape index (κ2) is 15.1. The molecule has 7 unspecified atom stereocenters. The molecule has 3 aromatic rings. The van der Waals surface area contributed by atoms with Crippen molar-refractivity contribution in [2.24, 2.45) is 0 Å². The van der Waals surface area contributed by atoms with Gasteiger partial charge in [0, 0.05) is 24.3 Å². The first-order valence-electron chi connectivity index (χ1n) is 16.4. The van der Waals surface area contributed by atoms with E-state index in [4.69, 9.17) is 32.8 Å². The molecule has 6 rings (SSSR count). The molecule has 3 aliphatic heterocycles. The Balaban J connectivity index is 1.36. The Bertz CT molecular complexity index is 1750. The second-order valence-corrected chi connectivity index (χ2v) is 13.1. The maximum Gasteiger partial charge on any atom is 0.402 e. The topological polar surface area (TPSA) is 330 Å². The maximum absolute atomic E-state index is 10.9. The number of aliphatic hydroxyl groups excluding tert-OH is 9. The van der Waals surface area contributed by atoms with Crippen LogP contribution in [0.25, 0.3) is 22.3 Å². The lowest BCUT2D eigenvalue weighted by molar-refractivity contribution is -0.318. The van der Waals surface area contributed by atoms with Crippen molar-refractivity contribution in [2.75, 3.05) is 6.61 Å². The van der Waals surface area contributed by atoms with Crippen molar-refractivity contribution < 1.29 is 99.2 Å². The summed E-state index contributed by atoms with van der Waals surface area (Å²) in [5.41, 5.74) is -0.283. The molecule has 292 valence electrons. The fraction of sp³-hybridized carbons (Fsp3) is 0.545. The molecule has 0 radical (unpaired) electrons. The highest BCUT2D eigenvalue weighted by atomic mass is 16.7. The predicted molar refractivity (Wildman–Crippen MR) is 171 cm³/mol. The highest BCUT2D eigenvalue weighted by Gasteiger charge is 2.48. The van der Waals surface area contributed by atoms with E-state index in [9.17, 15) is 66.4 Å². The zero-order valence-electron chi connectivity index (χ0n) is 27.9. The number of fused-ring (bicyclic) bond motifs is 1. The summed E-state index contributed by atoms with van der Waals surface area (Å²) in [5.74, 6) is -3.80. The number of phenols is 4. The number of hydrogen-bond acceptors (Lipinski definition) is 19. The summed E-state index contributed by atoms with van der Waals surface area (Å²) in [5, 5.41) is 135. The molecule has 3 fully saturated rings. The molecule has 4 heterocycles. The molecule has 0 aliphatic carbocycles. The van der Waals surface area contributed by atoms with E-state index in [2.05, 4.69) is 0 Å². The van der Waals surface area contributed by atoms with Crippen LogP contribution < -0.4 is 9.47 Å². The zero-order chi connectivity index (χ0) is 38.6. The van der Waals surface area contributed by atoms with Gasteiger partial charge < -0.3 is 94.8 Å². The van der Waals surface area contributed by atoms with E-state index in [1.807, 2.05) is 0 Å². The van der Waals surface area contributed by atoms with Crippen LogP contribution >= 0.6 is 0 Å². The van der Waals surface area contributed by atoms with Crippen LogP contribution in [0.1, 0.15) is 13.8 Å². The summed E-state index contributed by atoms with van der Waals surface area (Å²) in [4.78, 5) is 0. The van der Waals surface area contributed by atoms with Crippen LogP contribution in [0.3, 0.4) is 0 Å². The largest absolute Gasteiger partial charge is 0.507 e. The number of phenolic OH excluding ortho intramolecular Hbond substituents is 4. The quantitative estimate of drug-likeness (QED) is 0.0830. The standard InChI is InChI=1S/C33H40O20/c1-9-20(37)24(41)27(44)31(48-9)47-8-19-23(40)26(43)29(46)33(53-19)52-18-7-13-16(50-30(18)11-3-14(35)22(39)15(36)4-11)5-12(34)6-17(13)51-32-28(45)25(42)21(38)10(2)49-32/h3-7,9-10,19-21,23-29,31-33,37-38,40-46H,8H2,1-2H3,(H3-,34,35,36,39)/p+1/t9?,10?,19?,20-,21-,23-,24-,25-,26?,27?,28?,29?,31+,32-,33+/m0/s1. The normalized spacial score (nSPS) is 37.8. The first-order chi connectivity index (χ1) is 25.0. The third-order valence-corrected chi connectivity index (χ3v) is 9.33. The number of ether oxygens (including phenoxy) is 6. The van der Waals surface area contributed by atoms with E-state index in [0.717, 1.165) is 24.3 Å². The van der Waals surface area contributed by atoms with Crippen LogP contribution in [0.2, 0.25) is 0 Å². The van der Waals surface area contributed by atoms with Crippen molar-refractivity contribution in [3.63, 3.8) is 0 Å². The Morgan fingerprint density at radius 1 is 0.566 bits per heavy atom. The number of aromatic hydroxyl groups is 4. The van der Waals surface area contributed by atoms with Crippen molar-refractivity contribution in [3.05, 3.63) is 30.3 Å². The fourth-order valence-corrected chi connectivity index (χ4v) is 6.15. The lowest BCUT2D eigenvalue weighted by Crippen LogP contribution is -2.61. The summed E-state index contributed by atoms with van der Waals surface area (Å²) in [6, 6.07) is 5.39. The molecule has 3 saturated heterocycles. The van der Waals surface area contributed by atoms with Gasteiger partial charge in [-0.1, -0.05) is 0 Å². The van der Waals surface area contributed by atoms with Crippen molar-refractivity contribution >= 4 is 11.0 Å². The van der Waals surface area contributed by atoms with Gasteiger partial charge in [-0.15, -0.1) is 0 Å². The Kier molecular flexibility index (Phi) is 11.1. The van der Waals surface area contributed by atoms with Gasteiger partial charge in [0.15, 0.2) is 23.5 Å². The van der Waals surface area contributed by atoms with Crippen LogP contribution in [-0.4, -0.2) is 165 Å². The van der Waals surface area contributed by atoms with Gasteiger partial charge in [0.2, 0.25) is 18.3 Å². The monoisotopic (exact) mass is 757 g/mol. The van der Waals surface area contributed by atoms with Gasteiger partial charge in [-0.2, -0.15) is 0 Å². The Labute approximate surface area is 299 Å². The summed E-state index contributed by atoms with van der Waals surface area (Å²) in [6.45, 7) is 2.23. The minimum atomic E-state index is -1.96. The minimum absolute atomic E-state index is 0.0121. The molecule has 20 heteroatoms. The molecule has 0 spiro atoms. The molecule has 1 aromatic heterocycles. The van der Waals surface area contributed by atoms with Crippen LogP contribution in [-0.2, 0) is 18.9 Å². The molecule has 0 saturated carbocycles. The van der Waals surface area contributed by atoms with E-state index < -0.39 is 122 Å². The smallest absolute Gasteiger partial charge is 0.402 e. The van der Waals surface area contributed by atoms with Crippen LogP contribution in [0.15, 0.2) is 34.7 Å². The van der Waals surface area contributed by atoms with Crippen LogP contribution in [0.5, 0.6) is 34.5 Å². The fourth-order valence-electron chi connectivity index (χ4n) is 6.15. The van der Waals surface area contributed by atoms with Gasteiger partial charge in [0.25, 0.3) is 0 Å². The maximum atomic E-state index is 10.9. The van der Waals surface area contributed by atoms with E-state index in [1.165, 1.54) is 19.9 Å². The van der Waals surface area contributed by atoms with Gasteiger partial charge in [-0.3, -0.25) is 0 Å². The van der Waals surface area contributed by atoms with Crippen molar-refractivity contribution in [1.82, 2.24) is 0 Å². The lowest BCUT2D eigenvalue weighted by atomic mass is 9.98. The summed E-state index contributed by atoms with van der Waals surface area (Å²) in [7, 11) is 0. The molecular weight excluding hydrogens is 716 g/mol. The highest BCUT2D eigenvalue weighted by Crippen LogP contribution is 2.45. The molecule has 2 aromatic carbocycles. The average Bonchev–Trinajstić information content (AvgIpc) is 3.12. The molecule has 3 aliphatic rings. The predicted octanol–water partition coefficient (Wildman–Crippen LogP) is -2.56. The van der Waals surface area contributed by atoms with Gasteiger partial charge in [-0.05, 0) is 13.8 Å². The molecule has 15 atom stereocenters. The Morgan fingerprint density at radius 3 is 1.68 bits per heavy atom. The first kappa shape index (κ1) is 38.8. The number of aliphatic hydroxyl groups is 9. The molecule has 53 heavy (non-hydrogen) atoms. The second-order valence-electron chi connectivity index (χ2n) is 13.1. The highest BCUT2D eigenvalue weighted by molar-refractivity contribution is 5.89. The molecule has 13 N–H and O–H groups in total. The summed E-state index contributed by atoms with van der Waals surface area (Å²) >= 11 is 0. The van der Waals surface area contributed by atoms with Crippen molar-refractivity contribution in [3.8, 4) is 45.8 Å². The van der Waals surface area contributed by atoms with E-state index in [1.54, 1.807) is 0 Å². The van der Waals surface area contributed by atoms with E-state index in [0.29, 0.717) is 0 Å². The number of benzene rings is 2. The molecule has 20 nitrogen and oxygen atoms in total. The third-order valence-electron chi connectivity index (χ3n) is 9.33. The Morgan fingerprint density at radius 2 is 1.08 bits per heavy atom. The molecule has 0 bridgehead atoms. The first-order valence-corrected chi connectivity index (χ1v) is 16.4. The van der Waals surface area contributed by atoms with Gasteiger partial charge in [0.05, 0.1) is 30.4 Å². The third kappa shape index (κ3) is 7.47. The van der Waals surface area contributed by atoms with Crippen LogP contribution in [0.4, 0.5) is 0 Å². The van der Waals surface area contributed by atoms with E-state index in [-0.39, 0.29) is 33.8 Å². The van der Waals surface area contributed by atoms with Crippen molar-refractivity contribution in [1.29, 1.82) is 0 Å². The van der Waals surface area contributed by atoms with E-state index >= 15 is 0 Å². The van der Waals surface area contributed by atoms with Crippen molar-refractivity contribution in [2.45, 2.75) is 106 Å². The minimum Gasteiger partial charge on any atom is -0.507 e. The van der Waals surface area contributed by atoms with Gasteiger partial charge in [0.1, 0.15) is 77.9 Å². The lowest BCUT2D eigenvalue weighted by Gasteiger charge is -2.42. The average molecular weight is 758 g/mol. The SMILES string of the molecule is CC1O[C@@H](OCC2O[C@@H](Oc3cc4c(O[C@@H]5OC(C)[C@H](O)[C@H](O)C5O)cc(O)cc4[o+]c3-c3cc(O)c(O)c(O)c3)C(O)C(O)[C@H]2O)C(O)[C@@H](O)[C@H]1O. The number of rotatable bonds is 8. The zero-order valence-corrected chi connectivity index (χ0v) is 27.9. The van der Waals surface area contributed by atoms with Gasteiger partial charge in [-0.25, -0.2) is 4.42 Å². The summed E-state index contributed by atoms with van der Waals surface area (Å²) < 4.78 is 40.0. The summed E-state index contributed by atoms with van der Waals surface area (Å²) in [6.07, 6.45) is -23.7. The van der Waals surface area contributed by atoms with Gasteiger partial charge >= 0.3 is 11.3 Å². The molecule has 0 amide bonds. The Hall–Kier alpha value is -3.87.